The third-order valence-corrected chi connectivity index (χ3v) is 2.96. The molecule has 2 aromatic carbocycles. The van der Waals surface area contributed by atoms with Crippen molar-refractivity contribution in [2.75, 3.05) is 0 Å². The lowest BCUT2D eigenvalue weighted by atomic mass is 9.96. The Labute approximate surface area is 99.9 Å². The number of carboxylic acid groups (broad SMARTS) is 1. The zero-order valence-electron chi connectivity index (χ0n) is 9.68. The molecule has 3 N–H and O–H groups in total. The first-order valence-corrected chi connectivity index (χ1v) is 5.55. The number of rotatable bonds is 3. The average molecular weight is 229 g/mol. The summed E-state index contributed by atoms with van der Waals surface area (Å²) in [5.74, 6) is -0.962. The maximum absolute atomic E-state index is 10.8. The van der Waals surface area contributed by atoms with E-state index in [1.807, 2.05) is 43.3 Å². The zero-order chi connectivity index (χ0) is 12.4. The Kier molecular flexibility index (Phi) is 3.11. The molecule has 88 valence electrons. The summed E-state index contributed by atoms with van der Waals surface area (Å²) in [6.45, 7) is 2.03. The second kappa shape index (κ2) is 4.55. The molecule has 17 heavy (non-hydrogen) atoms. The molecule has 0 heterocycles. The number of aryl methyl sites for hydroxylation is 1. The first-order valence-electron chi connectivity index (χ1n) is 5.55. The van der Waals surface area contributed by atoms with Gasteiger partial charge in [0.05, 0.1) is 0 Å². The Morgan fingerprint density at radius 3 is 2.59 bits per heavy atom. The van der Waals surface area contributed by atoms with Crippen molar-refractivity contribution < 1.29 is 9.90 Å². The van der Waals surface area contributed by atoms with E-state index >= 15 is 0 Å². The summed E-state index contributed by atoms with van der Waals surface area (Å²) in [4.78, 5) is 10.8. The van der Waals surface area contributed by atoms with Gasteiger partial charge < -0.3 is 10.8 Å². The van der Waals surface area contributed by atoms with E-state index in [4.69, 9.17) is 10.8 Å². The Bertz CT molecular complexity index is 558. The highest BCUT2D eigenvalue weighted by atomic mass is 16.4. The lowest BCUT2D eigenvalue weighted by Crippen LogP contribution is -2.32. The molecule has 0 spiro atoms. The van der Waals surface area contributed by atoms with Gasteiger partial charge in [-0.2, -0.15) is 0 Å². The highest BCUT2D eigenvalue weighted by molar-refractivity contribution is 5.89. The van der Waals surface area contributed by atoms with E-state index in [2.05, 4.69) is 0 Å². The monoisotopic (exact) mass is 229 g/mol. The zero-order valence-corrected chi connectivity index (χ0v) is 9.68. The van der Waals surface area contributed by atoms with Crippen molar-refractivity contribution in [3.8, 4) is 0 Å². The van der Waals surface area contributed by atoms with E-state index in [9.17, 15) is 4.79 Å². The van der Waals surface area contributed by atoms with Gasteiger partial charge in [-0.1, -0.05) is 36.4 Å². The lowest BCUT2D eigenvalue weighted by Gasteiger charge is -2.11. The molecule has 0 aliphatic rings. The van der Waals surface area contributed by atoms with Gasteiger partial charge in [0.2, 0.25) is 0 Å². The van der Waals surface area contributed by atoms with Crippen molar-refractivity contribution in [1.82, 2.24) is 0 Å². The predicted octanol–water partition coefficient (Wildman–Crippen LogP) is 2.10. The molecule has 0 bridgehead atoms. The molecule has 0 aliphatic heterocycles. The maximum atomic E-state index is 10.8. The molecular formula is C14H15NO2. The Balaban J connectivity index is 2.50. The predicted molar refractivity (Wildman–Crippen MR) is 68.0 cm³/mol. The van der Waals surface area contributed by atoms with Crippen LogP contribution in [0.5, 0.6) is 0 Å². The van der Waals surface area contributed by atoms with Crippen LogP contribution in [-0.2, 0) is 11.2 Å². The van der Waals surface area contributed by atoms with Gasteiger partial charge in [0.15, 0.2) is 0 Å². The van der Waals surface area contributed by atoms with E-state index < -0.39 is 12.0 Å². The van der Waals surface area contributed by atoms with Crippen molar-refractivity contribution >= 4 is 16.7 Å². The van der Waals surface area contributed by atoms with Crippen LogP contribution < -0.4 is 5.73 Å². The molecule has 0 fully saturated rings. The van der Waals surface area contributed by atoms with Gasteiger partial charge in [0.25, 0.3) is 0 Å². The summed E-state index contributed by atoms with van der Waals surface area (Å²) in [6.07, 6.45) is 0.359. The molecule has 0 amide bonds. The smallest absolute Gasteiger partial charge is 0.320 e. The fourth-order valence-corrected chi connectivity index (χ4v) is 2.11. The minimum absolute atomic E-state index is 0.359. The number of hydrogen-bond donors (Lipinski definition) is 2. The van der Waals surface area contributed by atoms with Crippen LogP contribution in [0.2, 0.25) is 0 Å². The van der Waals surface area contributed by atoms with Gasteiger partial charge in [-0.05, 0) is 35.2 Å². The van der Waals surface area contributed by atoms with Crippen LogP contribution in [0, 0.1) is 6.92 Å². The average Bonchev–Trinajstić information content (AvgIpc) is 2.29. The first kappa shape index (κ1) is 11.6. The fraction of sp³-hybridized carbons (Fsp3) is 0.214. The molecule has 2 rings (SSSR count). The van der Waals surface area contributed by atoms with E-state index in [1.54, 1.807) is 0 Å². The highest BCUT2D eigenvalue weighted by Gasteiger charge is 2.14. The molecule has 2 aromatic rings. The molecule has 0 aliphatic carbocycles. The molecule has 0 radical (unpaired) electrons. The van der Waals surface area contributed by atoms with E-state index in [1.165, 1.54) is 0 Å². The maximum Gasteiger partial charge on any atom is 0.320 e. The van der Waals surface area contributed by atoms with Gasteiger partial charge in [0.1, 0.15) is 6.04 Å². The van der Waals surface area contributed by atoms with Crippen molar-refractivity contribution in [3.05, 3.63) is 47.5 Å². The Morgan fingerprint density at radius 1 is 1.29 bits per heavy atom. The van der Waals surface area contributed by atoms with Gasteiger partial charge in [-0.3, -0.25) is 4.79 Å². The number of nitrogens with two attached hydrogens (primary N) is 1. The van der Waals surface area contributed by atoms with Crippen molar-refractivity contribution in [2.24, 2.45) is 5.73 Å². The van der Waals surface area contributed by atoms with E-state index in [-0.39, 0.29) is 0 Å². The summed E-state index contributed by atoms with van der Waals surface area (Å²) in [5, 5.41) is 11.1. The number of hydrogen-bond acceptors (Lipinski definition) is 2. The molecule has 3 nitrogen and oxygen atoms in total. The van der Waals surface area contributed by atoms with Crippen molar-refractivity contribution in [1.29, 1.82) is 0 Å². The molecule has 0 saturated heterocycles. The second-order valence-corrected chi connectivity index (χ2v) is 4.24. The number of carbonyl (C=O) groups is 1. The van der Waals surface area contributed by atoms with Gasteiger partial charge in [0, 0.05) is 0 Å². The summed E-state index contributed by atoms with van der Waals surface area (Å²) in [6, 6.07) is 11.1. The van der Waals surface area contributed by atoms with Crippen molar-refractivity contribution in [3.63, 3.8) is 0 Å². The highest BCUT2D eigenvalue weighted by Crippen LogP contribution is 2.23. The van der Waals surface area contributed by atoms with Crippen LogP contribution in [-0.4, -0.2) is 17.1 Å². The van der Waals surface area contributed by atoms with Crippen LogP contribution in [0.3, 0.4) is 0 Å². The molecule has 0 aromatic heterocycles. The van der Waals surface area contributed by atoms with Crippen LogP contribution in [0.1, 0.15) is 11.1 Å². The van der Waals surface area contributed by atoms with Gasteiger partial charge in [-0.25, -0.2) is 0 Å². The first-order chi connectivity index (χ1) is 8.09. The van der Waals surface area contributed by atoms with Gasteiger partial charge in [-0.15, -0.1) is 0 Å². The normalized spacial score (nSPS) is 12.6. The number of fused-ring (bicyclic) bond motifs is 1. The number of benzene rings is 2. The van der Waals surface area contributed by atoms with Crippen molar-refractivity contribution in [2.45, 2.75) is 19.4 Å². The molecular weight excluding hydrogens is 214 g/mol. The summed E-state index contributed by atoms with van der Waals surface area (Å²) in [5.41, 5.74) is 7.73. The van der Waals surface area contributed by atoms with Crippen LogP contribution >= 0.6 is 0 Å². The SMILES string of the molecule is Cc1cccc2cccc(C[C@H](N)C(=O)O)c12. The minimum Gasteiger partial charge on any atom is -0.480 e. The lowest BCUT2D eigenvalue weighted by molar-refractivity contribution is -0.138. The standard InChI is InChI=1S/C14H15NO2/c1-9-4-2-5-10-6-3-7-11(13(9)10)8-12(15)14(16)17/h2-7,12H,8,15H2,1H3,(H,16,17)/t12-/m0/s1. The van der Waals surface area contributed by atoms with Crippen LogP contribution in [0.4, 0.5) is 0 Å². The molecule has 1 atom stereocenters. The fourth-order valence-electron chi connectivity index (χ4n) is 2.11. The van der Waals surface area contributed by atoms with E-state index in [0.29, 0.717) is 6.42 Å². The van der Waals surface area contributed by atoms with Gasteiger partial charge >= 0.3 is 5.97 Å². The third kappa shape index (κ3) is 2.29. The second-order valence-electron chi connectivity index (χ2n) is 4.24. The topological polar surface area (TPSA) is 63.3 Å². The Hall–Kier alpha value is -1.87. The summed E-state index contributed by atoms with van der Waals surface area (Å²) in [7, 11) is 0. The third-order valence-electron chi connectivity index (χ3n) is 2.96. The largest absolute Gasteiger partial charge is 0.480 e. The summed E-state index contributed by atoms with van der Waals surface area (Å²) < 4.78 is 0. The quantitative estimate of drug-likeness (QED) is 0.847. The minimum atomic E-state index is -0.962. The molecule has 0 unspecified atom stereocenters. The Morgan fingerprint density at radius 2 is 1.94 bits per heavy atom. The molecule has 0 saturated carbocycles. The van der Waals surface area contributed by atoms with Crippen LogP contribution in [0.25, 0.3) is 10.8 Å². The number of carboxylic acids is 1. The summed E-state index contributed by atoms with van der Waals surface area (Å²) >= 11 is 0. The van der Waals surface area contributed by atoms with E-state index in [0.717, 1.165) is 21.9 Å². The number of aliphatic carboxylic acids is 1. The molecule has 3 heteroatoms. The van der Waals surface area contributed by atoms with Crippen LogP contribution in [0.15, 0.2) is 36.4 Å².